The summed E-state index contributed by atoms with van der Waals surface area (Å²) < 4.78 is 21.4. The van der Waals surface area contributed by atoms with E-state index in [2.05, 4.69) is 0 Å². The van der Waals surface area contributed by atoms with Gasteiger partial charge in [0.15, 0.2) is 0 Å². The van der Waals surface area contributed by atoms with Crippen molar-refractivity contribution in [1.29, 1.82) is 0 Å². The molecule has 0 bridgehead atoms. The zero-order chi connectivity index (χ0) is 5.86. The van der Waals surface area contributed by atoms with Crippen LogP contribution < -0.4 is 0 Å². The monoisotopic (exact) mass is 316 g/mol. The van der Waals surface area contributed by atoms with E-state index in [1.165, 1.54) is 0 Å². The van der Waals surface area contributed by atoms with Gasteiger partial charge < -0.3 is 0 Å². The van der Waals surface area contributed by atoms with Crippen LogP contribution in [-0.2, 0) is 6.15 Å². The van der Waals surface area contributed by atoms with Crippen LogP contribution in [0.1, 0.15) is 0 Å². The fraction of sp³-hybridized carbons (Fsp3) is 1.00. The summed E-state index contributed by atoms with van der Waals surface area (Å²) in [4.78, 5) is 3.51. The summed E-state index contributed by atoms with van der Waals surface area (Å²) >= 11 is -4.32. The van der Waals surface area contributed by atoms with E-state index >= 15 is 0 Å². The molecule has 0 fully saturated rings. The Morgan fingerprint density at radius 3 is 1.43 bits per heavy atom. The fourth-order valence-electron chi connectivity index (χ4n) is 0.351. The fourth-order valence-corrected chi connectivity index (χ4v) is 15.8. The Morgan fingerprint density at radius 2 is 1.43 bits per heavy atom. The van der Waals surface area contributed by atoms with Crippen molar-refractivity contribution in [3.63, 3.8) is 0 Å². The van der Waals surface area contributed by atoms with Crippen LogP contribution in [-0.4, -0.2) is 39.5 Å². The van der Waals surface area contributed by atoms with Crippen molar-refractivity contribution in [3.8, 4) is 0 Å². The normalized spacial score (nSPS) is 8.29. The van der Waals surface area contributed by atoms with Gasteiger partial charge in [0.1, 0.15) is 0 Å². The first-order valence-corrected chi connectivity index (χ1v) is 14.2. The van der Waals surface area contributed by atoms with Gasteiger partial charge in [0.25, 0.3) is 0 Å². The van der Waals surface area contributed by atoms with E-state index < -0.39 is 39.5 Å². The minimum atomic E-state index is -2.16. The molecule has 0 aromatic heterocycles. The summed E-state index contributed by atoms with van der Waals surface area (Å²) in [6, 6.07) is 0. The summed E-state index contributed by atoms with van der Waals surface area (Å²) in [6.45, 7) is 0. The van der Waals surface area contributed by atoms with Gasteiger partial charge >= 0.3 is 58.0 Å². The molecule has 2 nitrogen and oxygen atoms in total. The van der Waals surface area contributed by atoms with Gasteiger partial charge in [0.2, 0.25) is 0 Å². The van der Waals surface area contributed by atoms with E-state index in [9.17, 15) is 6.15 Å². The van der Waals surface area contributed by atoms with Crippen LogP contribution in [0.25, 0.3) is 0 Å². The maximum atomic E-state index is 10.4. The van der Waals surface area contributed by atoms with Gasteiger partial charge in [-0.15, -0.1) is 0 Å². The molecule has 0 aromatic carbocycles. The summed E-state index contributed by atoms with van der Waals surface area (Å²) in [7, 11) is 0. The molecule has 0 aliphatic heterocycles. The third-order valence-electron chi connectivity index (χ3n) is 0.498. The molecule has 0 aliphatic rings. The second-order valence-electron chi connectivity index (χ2n) is 1.58. The molecular formula is C3H8O2Sn2. The van der Waals surface area contributed by atoms with Gasteiger partial charge in [-0.25, -0.2) is 0 Å². The second-order valence-corrected chi connectivity index (χ2v) is 17.4. The predicted molar refractivity (Wildman–Crippen MR) is 29.4 cm³/mol. The predicted octanol–water partition coefficient (Wildman–Crippen LogP) is 0.629. The Balaban J connectivity index is 3.32. The van der Waals surface area contributed by atoms with Crippen LogP contribution in [0.2, 0.25) is 12.3 Å². The molecule has 0 spiro atoms. The third-order valence-corrected chi connectivity index (χ3v) is 22.4. The standard InChI is InChI=1S/2CH3.CH2.2O.2Sn/h2*1H3;1H2;;;;. The summed E-state index contributed by atoms with van der Waals surface area (Å²) in [6.07, 6.45) is 0. The van der Waals surface area contributed by atoms with Crippen molar-refractivity contribution >= 4 is 39.5 Å². The molecule has 0 heterocycles. The van der Waals surface area contributed by atoms with Gasteiger partial charge in [0.05, 0.1) is 0 Å². The maximum absolute atomic E-state index is 10.4. The molecule has 4 heteroatoms. The molecule has 0 amide bonds. The SMILES string of the molecule is [CH3][Sn](=[O])[CH2][Sn]([CH3])=[O]. The number of rotatable bonds is 2. The van der Waals surface area contributed by atoms with E-state index in [0.29, 0.717) is 2.45 Å². The molecule has 0 unspecified atom stereocenters. The molecule has 0 aromatic rings. The average Bonchev–Trinajstić information content (AvgIpc) is 1.27. The van der Waals surface area contributed by atoms with E-state index in [1.54, 1.807) is 9.88 Å². The van der Waals surface area contributed by atoms with Crippen molar-refractivity contribution < 1.29 is 6.15 Å². The Hall–Kier alpha value is 1.20. The van der Waals surface area contributed by atoms with Gasteiger partial charge in [-0.05, 0) is 0 Å². The van der Waals surface area contributed by atoms with E-state index in [0.717, 1.165) is 0 Å². The summed E-state index contributed by atoms with van der Waals surface area (Å²) in [5.41, 5.74) is 0. The molecule has 0 radical (unpaired) electrons. The van der Waals surface area contributed by atoms with Gasteiger partial charge in [-0.2, -0.15) is 0 Å². The molecular weight excluding hydrogens is 305 g/mol. The molecule has 0 atom stereocenters. The van der Waals surface area contributed by atoms with E-state index in [-0.39, 0.29) is 0 Å². The quantitative estimate of drug-likeness (QED) is 0.701. The number of hydrogen-bond donors (Lipinski definition) is 0. The van der Waals surface area contributed by atoms with Crippen LogP contribution in [0, 0.1) is 0 Å². The minimum absolute atomic E-state index is 0.643. The van der Waals surface area contributed by atoms with Crippen LogP contribution in [0.15, 0.2) is 0 Å². The molecule has 7 heavy (non-hydrogen) atoms. The Bertz CT molecular complexity index is 87.1. The zero-order valence-corrected chi connectivity index (χ0v) is 10.2. The first-order valence-electron chi connectivity index (χ1n) is 2.12. The molecule has 0 saturated carbocycles. The Morgan fingerprint density at radius 1 is 1.14 bits per heavy atom. The molecule has 0 aliphatic carbocycles. The van der Waals surface area contributed by atoms with Crippen molar-refractivity contribution in [2.75, 3.05) is 0 Å². The van der Waals surface area contributed by atoms with Crippen molar-refractivity contribution in [3.05, 3.63) is 0 Å². The average molecular weight is 314 g/mol. The van der Waals surface area contributed by atoms with E-state index in [4.69, 9.17) is 0 Å². The van der Waals surface area contributed by atoms with Crippen molar-refractivity contribution in [2.24, 2.45) is 0 Å². The molecule has 40 valence electrons. The number of hydrogen-bond acceptors (Lipinski definition) is 2. The topological polar surface area (TPSA) is 34.1 Å². The third kappa shape index (κ3) is 7.20. The molecule has 0 N–H and O–H groups in total. The van der Waals surface area contributed by atoms with Crippen LogP contribution >= 0.6 is 0 Å². The van der Waals surface area contributed by atoms with Crippen molar-refractivity contribution in [1.82, 2.24) is 0 Å². The Labute approximate surface area is 57.5 Å². The summed E-state index contributed by atoms with van der Waals surface area (Å²) in [5.74, 6) is 0. The van der Waals surface area contributed by atoms with Gasteiger partial charge in [-0.1, -0.05) is 0 Å². The zero-order valence-electron chi connectivity index (χ0n) is 4.52. The van der Waals surface area contributed by atoms with Crippen LogP contribution in [0.3, 0.4) is 0 Å². The van der Waals surface area contributed by atoms with Crippen LogP contribution in [0.5, 0.6) is 0 Å². The molecule has 0 saturated heterocycles. The van der Waals surface area contributed by atoms with Gasteiger partial charge in [-0.3, -0.25) is 0 Å². The first-order chi connectivity index (χ1) is 3.13. The van der Waals surface area contributed by atoms with Gasteiger partial charge in [0, 0.05) is 0 Å². The van der Waals surface area contributed by atoms with Crippen LogP contribution in [0.4, 0.5) is 0 Å². The Kier molecular flexibility index (Phi) is 4.82. The second kappa shape index (κ2) is 4.11. The first kappa shape index (κ1) is 8.20. The van der Waals surface area contributed by atoms with Crippen molar-refractivity contribution in [2.45, 2.75) is 12.3 Å². The molecule has 0 rings (SSSR count). The van der Waals surface area contributed by atoms with E-state index in [1.807, 2.05) is 0 Å². The summed E-state index contributed by atoms with van der Waals surface area (Å²) in [5, 5.41) is 0.